The highest BCUT2D eigenvalue weighted by molar-refractivity contribution is 7.11. The van der Waals surface area contributed by atoms with Gasteiger partial charge in [-0.05, 0) is 49.4 Å². The summed E-state index contributed by atoms with van der Waals surface area (Å²) in [4.78, 5) is 24.4. The van der Waals surface area contributed by atoms with Gasteiger partial charge < -0.3 is 4.90 Å². The van der Waals surface area contributed by atoms with Gasteiger partial charge in [-0.3, -0.25) is 14.5 Å². The van der Waals surface area contributed by atoms with Gasteiger partial charge in [0.1, 0.15) is 23.9 Å². The summed E-state index contributed by atoms with van der Waals surface area (Å²) in [6.45, 7) is 3.00. The van der Waals surface area contributed by atoms with E-state index in [1.807, 2.05) is 6.92 Å². The number of aryl methyl sites for hydroxylation is 1. The zero-order valence-corrected chi connectivity index (χ0v) is 17.4. The standard InChI is InChI=1S/C22H17F2N5OS/c1-13-26-19-10-28(11-21(19)31-13)22(30)12-29-20(14-2-4-15(23)5-3-14)8-18(27-29)17-7-6-16(24)9-25-17/h2-9H,10-12H2,1H3. The van der Waals surface area contributed by atoms with Crippen LogP contribution in [-0.4, -0.2) is 30.6 Å². The average molecular weight is 437 g/mol. The first-order valence-corrected chi connectivity index (χ1v) is 10.5. The van der Waals surface area contributed by atoms with Gasteiger partial charge in [-0.2, -0.15) is 5.10 Å². The van der Waals surface area contributed by atoms with E-state index in [9.17, 15) is 13.6 Å². The molecule has 1 aliphatic heterocycles. The highest BCUT2D eigenvalue weighted by Gasteiger charge is 2.27. The van der Waals surface area contributed by atoms with Crippen LogP contribution in [0.3, 0.4) is 0 Å². The van der Waals surface area contributed by atoms with Crippen molar-refractivity contribution in [2.45, 2.75) is 26.6 Å². The summed E-state index contributed by atoms with van der Waals surface area (Å²) in [5.74, 6) is -0.882. The molecule has 0 fully saturated rings. The number of hydrogen-bond acceptors (Lipinski definition) is 5. The van der Waals surface area contributed by atoms with Gasteiger partial charge in [0.25, 0.3) is 0 Å². The molecule has 0 unspecified atom stereocenters. The van der Waals surface area contributed by atoms with E-state index in [4.69, 9.17) is 0 Å². The first kappa shape index (κ1) is 19.5. The highest BCUT2D eigenvalue weighted by Crippen LogP contribution is 2.29. The summed E-state index contributed by atoms with van der Waals surface area (Å²) in [5.41, 5.74) is 3.31. The van der Waals surface area contributed by atoms with E-state index in [0.29, 0.717) is 35.7 Å². The number of carbonyl (C=O) groups is 1. The molecule has 4 aromatic rings. The number of halogens is 2. The van der Waals surface area contributed by atoms with E-state index in [-0.39, 0.29) is 18.3 Å². The Kier molecular flexibility index (Phi) is 4.82. The minimum absolute atomic E-state index is 0.0157. The Bertz CT molecular complexity index is 1240. The molecule has 0 spiro atoms. The van der Waals surface area contributed by atoms with Gasteiger partial charge in [-0.25, -0.2) is 13.8 Å². The van der Waals surface area contributed by atoms with Gasteiger partial charge >= 0.3 is 0 Å². The molecule has 0 N–H and O–H groups in total. The average Bonchev–Trinajstić information content (AvgIpc) is 3.42. The SMILES string of the molecule is Cc1nc2c(s1)CN(C(=O)Cn1nc(-c3ccc(F)cn3)cc1-c1ccc(F)cc1)C2. The van der Waals surface area contributed by atoms with Crippen molar-refractivity contribution in [3.63, 3.8) is 0 Å². The van der Waals surface area contributed by atoms with Crippen molar-refractivity contribution in [3.8, 4) is 22.6 Å². The topological polar surface area (TPSA) is 63.9 Å². The molecule has 0 bridgehead atoms. The zero-order valence-electron chi connectivity index (χ0n) is 16.5. The summed E-state index contributed by atoms with van der Waals surface area (Å²) in [6.07, 6.45) is 1.12. The van der Waals surface area contributed by atoms with Gasteiger partial charge in [0.15, 0.2) is 0 Å². The van der Waals surface area contributed by atoms with Crippen LogP contribution >= 0.6 is 11.3 Å². The lowest BCUT2D eigenvalue weighted by molar-refractivity contribution is -0.132. The normalized spacial score (nSPS) is 12.9. The number of hydrogen-bond donors (Lipinski definition) is 0. The van der Waals surface area contributed by atoms with Crippen molar-refractivity contribution in [1.82, 2.24) is 24.6 Å². The first-order valence-electron chi connectivity index (χ1n) is 9.65. The third kappa shape index (κ3) is 3.84. The Balaban J connectivity index is 1.46. The second-order valence-corrected chi connectivity index (χ2v) is 8.58. The van der Waals surface area contributed by atoms with Gasteiger partial charge in [0.05, 0.1) is 41.4 Å². The fraction of sp³-hybridized carbons (Fsp3) is 0.182. The molecular weight excluding hydrogens is 420 g/mol. The van der Waals surface area contributed by atoms with Crippen molar-refractivity contribution < 1.29 is 13.6 Å². The van der Waals surface area contributed by atoms with Crippen LogP contribution in [0.4, 0.5) is 8.78 Å². The number of aromatic nitrogens is 4. The van der Waals surface area contributed by atoms with Gasteiger partial charge in [-0.15, -0.1) is 11.3 Å². The van der Waals surface area contributed by atoms with Crippen molar-refractivity contribution in [2.24, 2.45) is 0 Å². The number of benzene rings is 1. The number of amides is 1. The smallest absolute Gasteiger partial charge is 0.245 e. The Morgan fingerprint density at radius 3 is 2.55 bits per heavy atom. The fourth-order valence-electron chi connectivity index (χ4n) is 3.62. The Labute approximate surface area is 180 Å². The molecule has 1 aromatic carbocycles. The molecule has 0 saturated carbocycles. The molecule has 6 nitrogen and oxygen atoms in total. The van der Waals surface area contributed by atoms with Gasteiger partial charge in [-0.1, -0.05) is 0 Å². The number of thiazole rings is 1. The molecule has 156 valence electrons. The lowest BCUT2D eigenvalue weighted by atomic mass is 10.1. The number of fused-ring (bicyclic) bond motifs is 1. The van der Waals surface area contributed by atoms with E-state index in [2.05, 4.69) is 15.1 Å². The zero-order chi connectivity index (χ0) is 21.5. The van der Waals surface area contributed by atoms with E-state index < -0.39 is 5.82 Å². The van der Waals surface area contributed by atoms with Crippen molar-refractivity contribution in [2.75, 3.05) is 0 Å². The lowest BCUT2D eigenvalue weighted by Gasteiger charge is -2.16. The molecule has 0 aliphatic carbocycles. The number of pyridine rings is 1. The summed E-state index contributed by atoms with van der Waals surface area (Å²) in [5, 5.41) is 5.55. The lowest BCUT2D eigenvalue weighted by Crippen LogP contribution is -2.30. The molecule has 0 atom stereocenters. The molecule has 1 aliphatic rings. The summed E-state index contributed by atoms with van der Waals surface area (Å²) >= 11 is 1.61. The van der Waals surface area contributed by atoms with Crippen LogP contribution in [0.25, 0.3) is 22.6 Å². The summed E-state index contributed by atoms with van der Waals surface area (Å²) < 4.78 is 28.3. The molecule has 5 rings (SSSR count). The van der Waals surface area contributed by atoms with Crippen molar-refractivity contribution in [1.29, 1.82) is 0 Å². The summed E-state index contributed by atoms with van der Waals surface area (Å²) in [7, 11) is 0. The fourth-order valence-corrected chi connectivity index (χ4v) is 4.58. The van der Waals surface area contributed by atoms with E-state index in [1.165, 1.54) is 24.3 Å². The van der Waals surface area contributed by atoms with E-state index >= 15 is 0 Å². The molecule has 1 amide bonds. The van der Waals surface area contributed by atoms with Crippen LogP contribution < -0.4 is 0 Å². The maximum Gasteiger partial charge on any atom is 0.245 e. The van der Waals surface area contributed by atoms with Crippen molar-refractivity contribution in [3.05, 3.63) is 75.9 Å². The third-order valence-electron chi connectivity index (χ3n) is 5.11. The molecule has 0 saturated heterocycles. The maximum atomic E-state index is 13.4. The molecule has 4 heterocycles. The van der Waals surface area contributed by atoms with Crippen LogP contribution in [0.15, 0.2) is 48.7 Å². The highest BCUT2D eigenvalue weighted by atomic mass is 32.1. The first-order chi connectivity index (χ1) is 15.0. The van der Waals surface area contributed by atoms with Crippen LogP contribution in [0.1, 0.15) is 15.6 Å². The van der Waals surface area contributed by atoms with Crippen LogP contribution in [0, 0.1) is 18.6 Å². The Morgan fingerprint density at radius 2 is 1.84 bits per heavy atom. The monoisotopic (exact) mass is 437 g/mol. The molecule has 9 heteroatoms. The molecule has 3 aromatic heterocycles. The molecule has 0 radical (unpaired) electrons. The number of nitrogens with zero attached hydrogens (tertiary/aromatic N) is 5. The minimum atomic E-state index is -0.442. The van der Waals surface area contributed by atoms with Gasteiger partial charge in [0.2, 0.25) is 5.91 Å². The second-order valence-electron chi connectivity index (χ2n) is 7.29. The maximum absolute atomic E-state index is 13.4. The van der Waals surface area contributed by atoms with E-state index in [0.717, 1.165) is 21.8 Å². The minimum Gasteiger partial charge on any atom is -0.330 e. The van der Waals surface area contributed by atoms with Gasteiger partial charge in [0, 0.05) is 10.4 Å². The largest absolute Gasteiger partial charge is 0.330 e. The predicted octanol–water partition coefficient (Wildman–Crippen LogP) is 4.20. The predicted molar refractivity (Wildman–Crippen MR) is 112 cm³/mol. The Morgan fingerprint density at radius 1 is 1.06 bits per heavy atom. The number of rotatable bonds is 4. The second kappa shape index (κ2) is 7.66. The van der Waals surface area contributed by atoms with E-state index in [1.54, 1.807) is 39.1 Å². The Hall–Kier alpha value is -3.46. The quantitative estimate of drug-likeness (QED) is 0.480. The molecule has 31 heavy (non-hydrogen) atoms. The molecular formula is C22H17F2N5OS. The third-order valence-corrected chi connectivity index (χ3v) is 6.11. The van der Waals surface area contributed by atoms with Crippen LogP contribution in [0.2, 0.25) is 0 Å². The van der Waals surface area contributed by atoms with Crippen molar-refractivity contribution >= 4 is 17.2 Å². The van der Waals surface area contributed by atoms with Crippen LogP contribution in [-0.2, 0) is 24.4 Å². The summed E-state index contributed by atoms with van der Waals surface area (Å²) in [6, 6.07) is 10.6. The number of carbonyl (C=O) groups excluding carboxylic acids is 1. The van der Waals surface area contributed by atoms with Crippen LogP contribution in [0.5, 0.6) is 0 Å².